The lowest BCUT2D eigenvalue weighted by atomic mass is 9.87. The fourth-order valence-electron chi connectivity index (χ4n) is 3.21. The van der Waals surface area contributed by atoms with Gasteiger partial charge in [0.25, 0.3) is 0 Å². The number of nitrogen functional groups attached to an aromatic ring is 1. The highest BCUT2D eigenvalue weighted by molar-refractivity contribution is 8.00. The van der Waals surface area contributed by atoms with Crippen molar-refractivity contribution >= 4 is 17.7 Å². The molecule has 1 aliphatic rings. The Labute approximate surface area is 196 Å². The van der Waals surface area contributed by atoms with Gasteiger partial charge in [0.15, 0.2) is 5.82 Å². The molecule has 0 radical (unpaired) electrons. The second kappa shape index (κ2) is 9.43. The molecule has 3 aromatic rings. The molecule has 2 aromatic carbocycles. The third-order valence-corrected chi connectivity index (χ3v) is 6.59. The van der Waals surface area contributed by atoms with Crippen molar-refractivity contribution in [3.8, 4) is 5.75 Å². The van der Waals surface area contributed by atoms with Gasteiger partial charge < -0.3 is 15.9 Å². The van der Waals surface area contributed by atoms with E-state index in [9.17, 15) is 9.18 Å². The lowest BCUT2D eigenvalue weighted by molar-refractivity contribution is -0.120. The van der Waals surface area contributed by atoms with Crippen molar-refractivity contribution in [3.05, 3.63) is 71.3 Å². The van der Waals surface area contributed by atoms with Crippen molar-refractivity contribution in [2.75, 3.05) is 5.84 Å². The number of hydrogen-bond acceptors (Lipinski definition) is 6. The van der Waals surface area contributed by atoms with Crippen LogP contribution in [0.5, 0.6) is 5.75 Å². The first-order valence-corrected chi connectivity index (χ1v) is 11.7. The zero-order valence-corrected chi connectivity index (χ0v) is 19.7. The van der Waals surface area contributed by atoms with Crippen LogP contribution in [0.3, 0.4) is 0 Å². The van der Waals surface area contributed by atoms with E-state index in [1.165, 1.54) is 34.1 Å². The molecule has 7 nitrogen and oxygen atoms in total. The predicted octanol–water partition coefficient (Wildman–Crippen LogP) is 4.12. The fraction of sp³-hybridized carbons (Fsp3) is 0.375. The number of nitrogens with zero attached hydrogens (tertiary/aromatic N) is 3. The van der Waals surface area contributed by atoms with E-state index in [0.717, 1.165) is 12.8 Å². The van der Waals surface area contributed by atoms with Crippen LogP contribution in [-0.2, 0) is 16.8 Å². The normalized spacial score (nSPS) is 14.7. The first-order valence-electron chi connectivity index (χ1n) is 10.9. The average molecular weight is 470 g/mol. The van der Waals surface area contributed by atoms with Gasteiger partial charge in [-0.05, 0) is 53.6 Å². The summed E-state index contributed by atoms with van der Waals surface area (Å²) < 4.78 is 20.6. The highest BCUT2D eigenvalue weighted by Gasteiger charge is 2.30. The van der Waals surface area contributed by atoms with Crippen molar-refractivity contribution in [1.29, 1.82) is 0 Å². The molecule has 0 saturated heterocycles. The number of ether oxygens (including phenoxy) is 1. The summed E-state index contributed by atoms with van der Waals surface area (Å²) >= 11 is 1.17. The Balaban J connectivity index is 1.45. The fourth-order valence-corrected chi connectivity index (χ4v) is 4.19. The van der Waals surface area contributed by atoms with Crippen LogP contribution >= 0.6 is 11.8 Å². The number of thioether (sulfide) groups is 1. The lowest BCUT2D eigenvalue weighted by Crippen LogP contribution is -2.30. The standard InChI is InChI=1S/C24H28FN5O2S/c1-24(2,3)16-6-12-19(13-7-16)32-14-20-28-29-23(30(20)26)33-21(22(31)27-18-10-11-18)15-4-8-17(25)9-5-15/h4-9,12-13,18,21H,10-11,14,26H2,1-3H3,(H,27,31). The number of carbonyl (C=O) groups excluding carboxylic acids is 1. The number of carbonyl (C=O) groups is 1. The van der Waals surface area contributed by atoms with Gasteiger partial charge in [-0.2, -0.15) is 0 Å². The Morgan fingerprint density at radius 2 is 1.85 bits per heavy atom. The molecule has 174 valence electrons. The van der Waals surface area contributed by atoms with Gasteiger partial charge in [0.1, 0.15) is 23.4 Å². The van der Waals surface area contributed by atoms with Crippen LogP contribution in [0.4, 0.5) is 4.39 Å². The summed E-state index contributed by atoms with van der Waals surface area (Å²) in [5, 5.41) is 11.0. The maximum atomic E-state index is 13.4. The monoisotopic (exact) mass is 469 g/mol. The zero-order chi connectivity index (χ0) is 23.6. The number of hydrogen-bond donors (Lipinski definition) is 2. The molecule has 9 heteroatoms. The van der Waals surface area contributed by atoms with Crippen LogP contribution in [0.2, 0.25) is 0 Å². The molecule has 1 aliphatic carbocycles. The first kappa shape index (κ1) is 23.1. The van der Waals surface area contributed by atoms with E-state index in [1.807, 2.05) is 24.3 Å². The van der Waals surface area contributed by atoms with E-state index in [0.29, 0.717) is 22.3 Å². The van der Waals surface area contributed by atoms with Crippen LogP contribution in [0.15, 0.2) is 53.7 Å². The number of halogens is 1. The number of benzene rings is 2. The maximum Gasteiger partial charge on any atom is 0.238 e. The molecule has 4 rings (SSSR count). The summed E-state index contributed by atoms with van der Waals surface area (Å²) in [6.07, 6.45) is 1.94. The van der Waals surface area contributed by atoms with E-state index < -0.39 is 5.25 Å². The molecule has 0 bridgehead atoms. The molecule has 1 amide bonds. The minimum atomic E-state index is -0.628. The zero-order valence-electron chi connectivity index (χ0n) is 18.9. The lowest BCUT2D eigenvalue weighted by Gasteiger charge is -2.19. The predicted molar refractivity (Wildman–Crippen MR) is 126 cm³/mol. The minimum Gasteiger partial charge on any atom is -0.486 e. The van der Waals surface area contributed by atoms with Crippen molar-refractivity contribution < 1.29 is 13.9 Å². The van der Waals surface area contributed by atoms with E-state index in [1.54, 1.807) is 12.1 Å². The second-order valence-corrected chi connectivity index (χ2v) is 10.2. The third-order valence-electron chi connectivity index (χ3n) is 5.38. The molecule has 1 saturated carbocycles. The molecule has 1 aromatic heterocycles. The number of aromatic nitrogens is 3. The van der Waals surface area contributed by atoms with Crippen LogP contribution in [-0.4, -0.2) is 26.8 Å². The number of nitrogens with one attached hydrogen (secondary N) is 1. The average Bonchev–Trinajstić information content (AvgIpc) is 3.53. The summed E-state index contributed by atoms with van der Waals surface area (Å²) in [6.45, 7) is 6.60. The highest BCUT2D eigenvalue weighted by atomic mass is 32.2. The van der Waals surface area contributed by atoms with E-state index in [-0.39, 0.29) is 29.8 Å². The van der Waals surface area contributed by atoms with Crippen molar-refractivity contribution in [3.63, 3.8) is 0 Å². The molecule has 1 heterocycles. The van der Waals surface area contributed by atoms with Gasteiger partial charge in [-0.15, -0.1) is 10.2 Å². The summed E-state index contributed by atoms with van der Waals surface area (Å²) in [7, 11) is 0. The van der Waals surface area contributed by atoms with Gasteiger partial charge in [0.05, 0.1) is 0 Å². The van der Waals surface area contributed by atoms with Gasteiger partial charge in [-0.1, -0.05) is 56.8 Å². The van der Waals surface area contributed by atoms with Crippen molar-refractivity contribution in [2.45, 2.75) is 62.1 Å². The molecule has 33 heavy (non-hydrogen) atoms. The maximum absolute atomic E-state index is 13.4. The third kappa shape index (κ3) is 5.84. The Kier molecular flexibility index (Phi) is 6.60. The molecular formula is C24H28FN5O2S. The summed E-state index contributed by atoms with van der Waals surface area (Å²) in [5.74, 6) is 6.82. The largest absolute Gasteiger partial charge is 0.486 e. The smallest absolute Gasteiger partial charge is 0.238 e. The van der Waals surface area contributed by atoms with E-state index in [4.69, 9.17) is 10.6 Å². The Morgan fingerprint density at radius 1 is 1.18 bits per heavy atom. The van der Waals surface area contributed by atoms with E-state index in [2.05, 4.69) is 36.3 Å². The Hall–Kier alpha value is -3.07. The molecule has 1 fully saturated rings. The molecule has 1 unspecified atom stereocenters. The van der Waals surface area contributed by atoms with Crippen LogP contribution in [0, 0.1) is 5.82 Å². The van der Waals surface area contributed by atoms with Gasteiger partial charge >= 0.3 is 0 Å². The quantitative estimate of drug-likeness (QED) is 0.381. The molecule has 0 aliphatic heterocycles. The molecule has 3 N–H and O–H groups in total. The number of nitrogens with two attached hydrogens (primary N) is 1. The van der Waals surface area contributed by atoms with Crippen molar-refractivity contribution in [2.24, 2.45) is 0 Å². The van der Waals surface area contributed by atoms with Gasteiger partial charge in [-0.25, -0.2) is 9.07 Å². The summed E-state index contributed by atoms with van der Waals surface area (Å²) in [5.41, 5.74) is 1.95. The van der Waals surface area contributed by atoms with Gasteiger partial charge in [-0.3, -0.25) is 4.79 Å². The van der Waals surface area contributed by atoms with Gasteiger partial charge in [0.2, 0.25) is 11.1 Å². The topological polar surface area (TPSA) is 95.1 Å². The highest BCUT2D eigenvalue weighted by Crippen LogP contribution is 2.35. The summed E-state index contributed by atoms with van der Waals surface area (Å²) in [4.78, 5) is 12.9. The molecule has 1 atom stereocenters. The SMILES string of the molecule is CC(C)(C)c1ccc(OCc2nnc(SC(C(=O)NC3CC3)c3ccc(F)cc3)n2N)cc1. The Morgan fingerprint density at radius 3 is 2.45 bits per heavy atom. The van der Waals surface area contributed by atoms with Gasteiger partial charge in [0, 0.05) is 6.04 Å². The second-order valence-electron chi connectivity index (χ2n) is 9.16. The molecule has 0 spiro atoms. The number of rotatable bonds is 8. The Bertz CT molecular complexity index is 1110. The first-order chi connectivity index (χ1) is 15.7. The minimum absolute atomic E-state index is 0.0644. The summed E-state index contributed by atoms with van der Waals surface area (Å²) in [6, 6.07) is 14.0. The van der Waals surface area contributed by atoms with Crippen LogP contribution < -0.4 is 15.9 Å². The molecular weight excluding hydrogens is 441 g/mol. The van der Waals surface area contributed by atoms with Crippen molar-refractivity contribution in [1.82, 2.24) is 20.2 Å². The van der Waals surface area contributed by atoms with Crippen LogP contribution in [0.1, 0.15) is 55.8 Å². The van der Waals surface area contributed by atoms with Crippen LogP contribution in [0.25, 0.3) is 0 Å². The number of amides is 1. The van der Waals surface area contributed by atoms with E-state index >= 15 is 0 Å².